The highest BCUT2D eigenvalue weighted by Gasteiger charge is 2.41. The van der Waals surface area contributed by atoms with Crippen LogP contribution in [0.15, 0.2) is 23.8 Å². The Hall–Kier alpha value is -0.660. The number of fused-ring (bicyclic) bond motifs is 1. The molecular formula is C10H12F2. The zero-order valence-corrected chi connectivity index (χ0v) is 6.89. The quantitative estimate of drug-likeness (QED) is 0.523. The maximum Gasteiger partial charge on any atom is 0.269 e. The lowest BCUT2D eigenvalue weighted by Crippen LogP contribution is -2.30. The molecule has 0 spiro atoms. The van der Waals surface area contributed by atoms with Crippen molar-refractivity contribution >= 4 is 0 Å². The van der Waals surface area contributed by atoms with Crippen LogP contribution in [0.25, 0.3) is 0 Å². The SMILES string of the molecule is FC1(F)CCCC2CC=CC=C21. The molecule has 12 heavy (non-hydrogen) atoms. The Morgan fingerprint density at radius 1 is 1.42 bits per heavy atom. The van der Waals surface area contributed by atoms with Crippen molar-refractivity contribution in [3.8, 4) is 0 Å². The molecule has 1 atom stereocenters. The largest absolute Gasteiger partial charge is 0.269 e. The second-order valence-electron chi connectivity index (χ2n) is 3.58. The van der Waals surface area contributed by atoms with E-state index in [4.69, 9.17) is 0 Å². The Bertz CT molecular complexity index is 238. The van der Waals surface area contributed by atoms with Crippen LogP contribution in [0.4, 0.5) is 8.78 Å². The van der Waals surface area contributed by atoms with E-state index in [-0.39, 0.29) is 12.3 Å². The van der Waals surface area contributed by atoms with Gasteiger partial charge in [-0.15, -0.1) is 0 Å². The van der Waals surface area contributed by atoms with E-state index < -0.39 is 5.92 Å². The highest BCUT2D eigenvalue weighted by atomic mass is 19.3. The van der Waals surface area contributed by atoms with Gasteiger partial charge < -0.3 is 0 Å². The van der Waals surface area contributed by atoms with Crippen molar-refractivity contribution in [2.45, 2.75) is 31.6 Å². The van der Waals surface area contributed by atoms with E-state index in [2.05, 4.69) is 0 Å². The van der Waals surface area contributed by atoms with Crippen molar-refractivity contribution in [3.63, 3.8) is 0 Å². The van der Waals surface area contributed by atoms with E-state index in [1.165, 1.54) is 0 Å². The maximum absolute atomic E-state index is 13.2. The fourth-order valence-electron chi connectivity index (χ4n) is 2.09. The molecule has 0 heterocycles. The summed E-state index contributed by atoms with van der Waals surface area (Å²) in [6, 6.07) is 0. The van der Waals surface area contributed by atoms with Crippen molar-refractivity contribution in [2.75, 3.05) is 0 Å². The van der Waals surface area contributed by atoms with Crippen molar-refractivity contribution in [3.05, 3.63) is 23.8 Å². The van der Waals surface area contributed by atoms with E-state index in [1.54, 1.807) is 12.2 Å². The molecule has 0 aromatic carbocycles. The van der Waals surface area contributed by atoms with E-state index in [0.717, 1.165) is 12.8 Å². The van der Waals surface area contributed by atoms with Crippen LogP contribution in [-0.2, 0) is 0 Å². The molecule has 0 N–H and O–H groups in total. The lowest BCUT2D eigenvalue weighted by Gasteiger charge is -2.33. The Morgan fingerprint density at radius 2 is 2.25 bits per heavy atom. The first-order valence-corrected chi connectivity index (χ1v) is 4.45. The summed E-state index contributed by atoms with van der Waals surface area (Å²) < 4.78 is 26.5. The zero-order valence-electron chi connectivity index (χ0n) is 6.89. The van der Waals surface area contributed by atoms with Crippen LogP contribution in [0.1, 0.15) is 25.7 Å². The summed E-state index contributed by atoms with van der Waals surface area (Å²) in [7, 11) is 0. The van der Waals surface area contributed by atoms with Gasteiger partial charge in [-0.3, -0.25) is 0 Å². The molecule has 2 rings (SSSR count). The molecule has 0 aromatic heterocycles. The van der Waals surface area contributed by atoms with Crippen LogP contribution in [0.5, 0.6) is 0 Å². The molecule has 2 aliphatic carbocycles. The zero-order chi connectivity index (χ0) is 8.60. The summed E-state index contributed by atoms with van der Waals surface area (Å²) in [5.74, 6) is -2.40. The topological polar surface area (TPSA) is 0 Å². The van der Waals surface area contributed by atoms with Gasteiger partial charge in [-0.05, 0) is 25.2 Å². The molecule has 0 nitrogen and oxygen atoms in total. The maximum atomic E-state index is 13.2. The molecule has 0 bridgehead atoms. The van der Waals surface area contributed by atoms with Crippen LogP contribution >= 0.6 is 0 Å². The van der Waals surface area contributed by atoms with E-state index in [0.29, 0.717) is 12.0 Å². The Kier molecular flexibility index (Phi) is 1.78. The van der Waals surface area contributed by atoms with Gasteiger partial charge in [-0.25, -0.2) is 8.78 Å². The minimum atomic E-state index is -2.52. The minimum absolute atomic E-state index is 0.0448. The van der Waals surface area contributed by atoms with Gasteiger partial charge >= 0.3 is 0 Å². The summed E-state index contributed by atoms with van der Waals surface area (Å²) in [4.78, 5) is 0. The highest BCUT2D eigenvalue weighted by molar-refractivity contribution is 5.28. The van der Waals surface area contributed by atoms with Gasteiger partial charge in [0.25, 0.3) is 5.92 Å². The average Bonchev–Trinajstić information content (AvgIpc) is 2.04. The summed E-state index contributed by atoms with van der Waals surface area (Å²) >= 11 is 0. The first kappa shape index (κ1) is 7.96. The predicted octanol–water partition coefficient (Wildman–Crippen LogP) is 3.31. The predicted molar refractivity (Wildman–Crippen MR) is 44.1 cm³/mol. The van der Waals surface area contributed by atoms with E-state index in [9.17, 15) is 8.78 Å². The van der Waals surface area contributed by atoms with Gasteiger partial charge in [0.05, 0.1) is 0 Å². The molecule has 1 unspecified atom stereocenters. The van der Waals surface area contributed by atoms with Crippen LogP contribution < -0.4 is 0 Å². The van der Waals surface area contributed by atoms with Crippen molar-refractivity contribution < 1.29 is 8.78 Å². The smallest absolute Gasteiger partial charge is 0.202 e. The van der Waals surface area contributed by atoms with Crippen molar-refractivity contribution in [1.82, 2.24) is 0 Å². The number of allylic oxidation sites excluding steroid dienone is 4. The third-order valence-electron chi connectivity index (χ3n) is 2.74. The number of halogens is 2. The van der Waals surface area contributed by atoms with Crippen LogP contribution in [0.2, 0.25) is 0 Å². The van der Waals surface area contributed by atoms with Crippen molar-refractivity contribution in [1.29, 1.82) is 0 Å². The van der Waals surface area contributed by atoms with E-state index >= 15 is 0 Å². The molecule has 1 saturated carbocycles. The number of alkyl halides is 2. The number of hydrogen-bond acceptors (Lipinski definition) is 0. The fraction of sp³-hybridized carbons (Fsp3) is 0.600. The van der Waals surface area contributed by atoms with Gasteiger partial charge in [0.2, 0.25) is 0 Å². The molecule has 0 radical (unpaired) electrons. The lowest BCUT2D eigenvalue weighted by atomic mass is 9.78. The molecule has 0 aromatic rings. The third-order valence-corrected chi connectivity index (χ3v) is 2.74. The van der Waals surface area contributed by atoms with Crippen LogP contribution in [0.3, 0.4) is 0 Å². The highest BCUT2D eigenvalue weighted by Crippen LogP contribution is 2.44. The molecule has 0 saturated heterocycles. The summed E-state index contributed by atoms with van der Waals surface area (Å²) in [5, 5.41) is 0. The molecule has 1 fully saturated rings. The fourth-order valence-corrected chi connectivity index (χ4v) is 2.09. The Balaban J connectivity index is 2.29. The second-order valence-corrected chi connectivity index (χ2v) is 3.58. The van der Waals surface area contributed by atoms with Gasteiger partial charge in [0.1, 0.15) is 0 Å². The second kappa shape index (κ2) is 2.68. The van der Waals surface area contributed by atoms with Gasteiger partial charge in [0, 0.05) is 12.0 Å². The summed E-state index contributed by atoms with van der Waals surface area (Å²) in [6.45, 7) is 0. The van der Waals surface area contributed by atoms with Gasteiger partial charge in [-0.1, -0.05) is 18.2 Å². The van der Waals surface area contributed by atoms with Gasteiger partial charge in [0.15, 0.2) is 0 Å². The monoisotopic (exact) mass is 170 g/mol. The molecule has 66 valence electrons. The van der Waals surface area contributed by atoms with Crippen LogP contribution in [-0.4, -0.2) is 5.92 Å². The lowest BCUT2D eigenvalue weighted by molar-refractivity contribution is 0.00282. The molecular weight excluding hydrogens is 158 g/mol. The molecule has 2 aliphatic rings. The van der Waals surface area contributed by atoms with Crippen LogP contribution in [0, 0.1) is 5.92 Å². The molecule has 0 aliphatic heterocycles. The van der Waals surface area contributed by atoms with Gasteiger partial charge in [-0.2, -0.15) is 0 Å². The Labute approximate surface area is 71.0 Å². The summed E-state index contributed by atoms with van der Waals surface area (Å²) in [5.41, 5.74) is 0.372. The van der Waals surface area contributed by atoms with Crippen molar-refractivity contribution in [2.24, 2.45) is 5.92 Å². The minimum Gasteiger partial charge on any atom is -0.202 e. The van der Waals surface area contributed by atoms with E-state index in [1.807, 2.05) is 6.08 Å². The average molecular weight is 170 g/mol. The molecule has 2 heteroatoms. The normalized spacial score (nSPS) is 32.5. The standard InChI is InChI=1S/C10H12F2/c11-10(12)7-3-5-8-4-1-2-6-9(8)10/h1-2,6,8H,3-5,7H2. The first-order chi connectivity index (χ1) is 5.70. The number of rotatable bonds is 0. The Morgan fingerprint density at radius 3 is 3.00 bits per heavy atom. The summed E-state index contributed by atoms with van der Waals surface area (Å²) in [6.07, 6.45) is 7.80. The molecule has 0 amide bonds. The number of hydrogen-bond donors (Lipinski definition) is 0. The third kappa shape index (κ3) is 1.19. The first-order valence-electron chi connectivity index (χ1n) is 4.45.